The summed E-state index contributed by atoms with van der Waals surface area (Å²) in [4.78, 5) is 25.6. The Morgan fingerprint density at radius 3 is 2.53 bits per heavy atom. The molecular formula is C18H24ClF2N3O6. The van der Waals surface area contributed by atoms with Crippen molar-refractivity contribution in [2.45, 2.75) is 18.7 Å². The van der Waals surface area contributed by atoms with E-state index in [1.165, 1.54) is 18.8 Å². The van der Waals surface area contributed by atoms with Gasteiger partial charge >= 0.3 is 5.97 Å². The molecule has 0 radical (unpaired) electrons. The lowest BCUT2D eigenvalue weighted by Gasteiger charge is -2.24. The summed E-state index contributed by atoms with van der Waals surface area (Å²) in [5, 5.41) is 9.06. The van der Waals surface area contributed by atoms with Crippen LogP contribution in [0.4, 0.5) is 14.5 Å². The Balaban J connectivity index is 0.00000225. The summed E-state index contributed by atoms with van der Waals surface area (Å²) < 4.78 is 40.1. The van der Waals surface area contributed by atoms with Crippen molar-refractivity contribution < 1.29 is 33.6 Å². The highest BCUT2D eigenvalue weighted by Gasteiger charge is 2.34. The average Bonchev–Trinajstić information content (AvgIpc) is 3.03. The Morgan fingerprint density at radius 1 is 1.37 bits per heavy atom. The molecule has 0 aliphatic carbocycles. The maximum absolute atomic E-state index is 15.0. The fourth-order valence-corrected chi connectivity index (χ4v) is 3.63. The number of aromatic carboxylic acids is 1. The number of carboxylic acids is 1. The van der Waals surface area contributed by atoms with Crippen molar-refractivity contribution in [1.82, 2.24) is 4.57 Å². The van der Waals surface area contributed by atoms with Crippen LogP contribution in [0.5, 0.6) is 5.75 Å². The van der Waals surface area contributed by atoms with Gasteiger partial charge in [-0.25, -0.2) is 13.6 Å². The number of ether oxygens (including phenoxy) is 2. The van der Waals surface area contributed by atoms with Crippen LogP contribution in [0.2, 0.25) is 0 Å². The number of methoxy groups -OCH3 is 2. The van der Waals surface area contributed by atoms with Gasteiger partial charge in [-0.15, -0.1) is 12.4 Å². The molecule has 3 rings (SSSR count). The fourth-order valence-electron chi connectivity index (χ4n) is 3.63. The number of hydrogen-bond acceptors (Lipinski definition) is 6. The van der Waals surface area contributed by atoms with Crippen LogP contribution >= 0.6 is 12.4 Å². The second-order valence-corrected chi connectivity index (χ2v) is 6.54. The number of carboxylic acid groups (broad SMARTS) is 1. The highest BCUT2D eigenvalue weighted by atomic mass is 35.5. The molecule has 1 aromatic carbocycles. The standard InChI is InChI=1S/C18H21F2N3O5.ClH.H2O/c1-27-13-8-23(7-12(13)21)15-11(20)5-9-14(17(15)28-2)22(4-3-19)6-10(16(9)24)18(25)26;;/h5-6,12-13H,3-4,7-8,21H2,1-2H3,(H,25,26);1H;1H2. The minimum Gasteiger partial charge on any atom is -0.492 e. The van der Waals surface area contributed by atoms with Crippen molar-refractivity contribution in [2.75, 3.05) is 38.9 Å². The molecule has 0 spiro atoms. The van der Waals surface area contributed by atoms with Gasteiger partial charge < -0.3 is 35.3 Å². The number of halogens is 3. The fraction of sp³-hybridized carbons (Fsp3) is 0.444. The molecule has 0 amide bonds. The molecule has 1 saturated heterocycles. The van der Waals surface area contributed by atoms with E-state index in [2.05, 4.69) is 0 Å². The molecule has 2 atom stereocenters. The van der Waals surface area contributed by atoms with Crippen molar-refractivity contribution in [3.8, 4) is 5.75 Å². The molecule has 168 valence electrons. The molecule has 1 fully saturated rings. The van der Waals surface area contributed by atoms with Crippen LogP contribution in [0.25, 0.3) is 10.9 Å². The number of nitrogens with two attached hydrogens (primary N) is 1. The van der Waals surface area contributed by atoms with Crippen molar-refractivity contribution in [1.29, 1.82) is 0 Å². The molecule has 1 aliphatic heterocycles. The van der Waals surface area contributed by atoms with E-state index >= 15 is 4.39 Å². The van der Waals surface area contributed by atoms with Crippen LogP contribution in [0.1, 0.15) is 10.4 Å². The molecule has 12 heteroatoms. The molecule has 2 aromatic rings. The van der Waals surface area contributed by atoms with Crippen molar-refractivity contribution in [3.05, 3.63) is 33.9 Å². The quantitative estimate of drug-likeness (QED) is 0.654. The first-order valence-corrected chi connectivity index (χ1v) is 8.60. The summed E-state index contributed by atoms with van der Waals surface area (Å²) in [5.41, 5.74) is 4.78. The number of nitrogens with zero attached hydrogens (tertiary/aromatic N) is 2. The zero-order chi connectivity index (χ0) is 20.6. The molecule has 30 heavy (non-hydrogen) atoms. The molecule has 0 saturated carbocycles. The molecule has 5 N–H and O–H groups in total. The summed E-state index contributed by atoms with van der Waals surface area (Å²) in [5.74, 6) is -2.22. The first-order chi connectivity index (χ1) is 13.3. The van der Waals surface area contributed by atoms with Crippen molar-refractivity contribution in [3.63, 3.8) is 0 Å². The predicted molar refractivity (Wildman–Crippen MR) is 109 cm³/mol. The second-order valence-electron chi connectivity index (χ2n) is 6.54. The van der Waals surface area contributed by atoms with E-state index in [4.69, 9.17) is 15.2 Å². The Morgan fingerprint density at radius 2 is 2.03 bits per heavy atom. The monoisotopic (exact) mass is 451 g/mol. The van der Waals surface area contributed by atoms with Crippen LogP contribution in [0, 0.1) is 5.82 Å². The Labute approximate surface area is 176 Å². The highest BCUT2D eigenvalue weighted by molar-refractivity contribution is 5.97. The first-order valence-electron chi connectivity index (χ1n) is 8.60. The number of aromatic nitrogens is 1. The van der Waals surface area contributed by atoms with E-state index in [1.54, 1.807) is 4.90 Å². The van der Waals surface area contributed by atoms with Gasteiger partial charge in [-0.2, -0.15) is 0 Å². The number of alkyl halides is 1. The summed E-state index contributed by atoms with van der Waals surface area (Å²) in [6, 6.07) is 0.606. The van der Waals surface area contributed by atoms with Crippen LogP contribution in [-0.2, 0) is 11.3 Å². The van der Waals surface area contributed by atoms with Crippen LogP contribution in [-0.4, -0.2) is 67.2 Å². The van der Waals surface area contributed by atoms with Gasteiger partial charge in [-0.1, -0.05) is 0 Å². The average molecular weight is 452 g/mol. The number of fused-ring (bicyclic) bond motifs is 1. The molecule has 2 heterocycles. The lowest BCUT2D eigenvalue weighted by molar-refractivity contribution is 0.0694. The maximum atomic E-state index is 15.0. The van der Waals surface area contributed by atoms with E-state index in [0.29, 0.717) is 6.54 Å². The van der Waals surface area contributed by atoms with Crippen LogP contribution < -0.4 is 20.8 Å². The number of anilines is 1. The zero-order valence-corrected chi connectivity index (χ0v) is 17.2. The minimum absolute atomic E-state index is 0. The third-order valence-electron chi connectivity index (χ3n) is 4.93. The smallest absolute Gasteiger partial charge is 0.341 e. The van der Waals surface area contributed by atoms with Crippen molar-refractivity contribution >= 4 is 35.0 Å². The largest absolute Gasteiger partial charge is 0.492 e. The SMILES string of the molecule is COc1c(N2CC(N)C(OC)C2)c(F)cc2c(=O)c(C(=O)O)cn(CCF)c12.Cl.O. The number of carbonyl (C=O) groups is 1. The topological polar surface area (TPSA) is 139 Å². The Bertz CT molecular complexity index is 987. The molecular weight excluding hydrogens is 428 g/mol. The minimum atomic E-state index is -1.48. The molecule has 1 aromatic heterocycles. The summed E-state index contributed by atoms with van der Waals surface area (Å²) in [7, 11) is 2.81. The normalized spacial score (nSPS) is 18.1. The van der Waals surface area contributed by atoms with Gasteiger partial charge in [0.2, 0.25) is 5.43 Å². The van der Waals surface area contributed by atoms with E-state index in [1.807, 2.05) is 0 Å². The number of benzene rings is 1. The number of rotatable bonds is 6. The van der Waals surface area contributed by atoms with Gasteiger partial charge in [0, 0.05) is 26.4 Å². The maximum Gasteiger partial charge on any atom is 0.341 e. The van der Waals surface area contributed by atoms with Gasteiger partial charge in [-0.3, -0.25) is 4.79 Å². The van der Waals surface area contributed by atoms with E-state index < -0.39 is 29.5 Å². The third kappa shape index (κ3) is 4.19. The highest BCUT2D eigenvalue weighted by Crippen LogP contribution is 2.39. The number of hydrogen-bond donors (Lipinski definition) is 2. The van der Waals surface area contributed by atoms with Gasteiger partial charge in [0.25, 0.3) is 0 Å². The summed E-state index contributed by atoms with van der Waals surface area (Å²) in [6.45, 7) is -0.444. The van der Waals surface area contributed by atoms with E-state index in [-0.39, 0.29) is 65.5 Å². The van der Waals surface area contributed by atoms with E-state index in [0.717, 1.165) is 12.3 Å². The number of aryl methyl sites for hydroxylation is 1. The first kappa shape index (κ1) is 25.6. The lowest BCUT2D eigenvalue weighted by atomic mass is 10.1. The third-order valence-corrected chi connectivity index (χ3v) is 4.93. The molecule has 0 bridgehead atoms. The number of pyridine rings is 1. The van der Waals surface area contributed by atoms with Gasteiger partial charge in [0.1, 0.15) is 17.9 Å². The van der Waals surface area contributed by atoms with Crippen molar-refractivity contribution in [2.24, 2.45) is 5.73 Å². The van der Waals surface area contributed by atoms with Gasteiger partial charge in [0.15, 0.2) is 11.6 Å². The lowest BCUT2D eigenvalue weighted by Crippen LogP contribution is -2.34. The zero-order valence-electron chi connectivity index (χ0n) is 16.4. The predicted octanol–water partition coefficient (Wildman–Crippen LogP) is 0.576. The van der Waals surface area contributed by atoms with Crippen LogP contribution in [0.15, 0.2) is 17.1 Å². The molecule has 9 nitrogen and oxygen atoms in total. The Hall–Kier alpha value is -2.47. The second kappa shape index (κ2) is 10.0. The summed E-state index contributed by atoms with van der Waals surface area (Å²) in [6.07, 6.45) is 0.729. The molecule has 2 unspecified atom stereocenters. The molecule has 1 aliphatic rings. The Kier molecular flexibility index (Phi) is 8.54. The summed E-state index contributed by atoms with van der Waals surface area (Å²) >= 11 is 0. The van der Waals surface area contributed by atoms with Gasteiger partial charge in [0.05, 0.1) is 36.7 Å². The van der Waals surface area contributed by atoms with Crippen LogP contribution in [0.3, 0.4) is 0 Å². The van der Waals surface area contributed by atoms with Gasteiger partial charge in [-0.05, 0) is 6.07 Å². The van der Waals surface area contributed by atoms with E-state index in [9.17, 15) is 19.1 Å².